The maximum absolute atomic E-state index is 11.9. The van der Waals surface area contributed by atoms with Crippen molar-refractivity contribution in [2.75, 3.05) is 5.43 Å². The summed E-state index contributed by atoms with van der Waals surface area (Å²) in [5.74, 6) is -1.48. The Morgan fingerprint density at radius 2 is 2.12 bits per heavy atom. The van der Waals surface area contributed by atoms with Crippen LogP contribution in [0.25, 0.3) is 0 Å². The molecule has 0 atom stereocenters. The number of hydrogen-bond donors (Lipinski definition) is 2. The molecule has 0 spiro atoms. The molecule has 4 nitrogen and oxygen atoms in total. The third-order valence-electron chi connectivity index (χ3n) is 1.68. The van der Waals surface area contributed by atoms with Gasteiger partial charge in [0.25, 0.3) is 5.78 Å². The molecule has 2 N–H and O–H groups in total. The molecule has 0 aliphatic carbocycles. The van der Waals surface area contributed by atoms with Crippen molar-refractivity contribution in [1.82, 2.24) is 10.4 Å². The Labute approximate surface area is 95.5 Å². The number of alkyl halides is 3. The first-order valence-corrected chi connectivity index (χ1v) is 4.62. The summed E-state index contributed by atoms with van der Waals surface area (Å²) in [7, 11) is 0. The van der Waals surface area contributed by atoms with Crippen LogP contribution >= 0.6 is 0 Å². The molecular weight excluding hydrogens is 235 g/mol. The van der Waals surface area contributed by atoms with Crippen LogP contribution in [0, 0.1) is 0 Å². The van der Waals surface area contributed by atoms with Crippen molar-refractivity contribution in [2.45, 2.75) is 13.1 Å². The summed E-state index contributed by atoms with van der Waals surface area (Å²) in [6, 6.07) is 5.02. The van der Waals surface area contributed by atoms with Crippen LogP contribution in [0.5, 0.6) is 0 Å². The number of ketones is 1. The van der Waals surface area contributed by atoms with Gasteiger partial charge in [-0.25, -0.2) is 4.98 Å². The van der Waals surface area contributed by atoms with Crippen LogP contribution in [0.1, 0.15) is 6.92 Å². The minimum absolute atomic E-state index is 0.0398. The molecule has 1 aromatic rings. The van der Waals surface area contributed by atoms with Crippen molar-refractivity contribution in [2.24, 2.45) is 0 Å². The molecular formula is C10H10F3N3O. The van der Waals surface area contributed by atoms with Crippen LogP contribution in [-0.4, -0.2) is 16.9 Å². The van der Waals surface area contributed by atoms with Gasteiger partial charge in [-0.05, 0) is 19.1 Å². The lowest BCUT2D eigenvalue weighted by atomic mass is 10.3. The first-order valence-electron chi connectivity index (χ1n) is 4.62. The van der Waals surface area contributed by atoms with E-state index in [4.69, 9.17) is 0 Å². The predicted octanol–water partition coefficient (Wildman–Crippen LogP) is 2.03. The number of nitrogens with zero attached hydrogens (tertiary/aromatic N) is 1. The van der Waals surface area contributed by atoms with Gasteiger partial charge in [0.1, 0.15) is 5.82 Å². The number of allylic oxidation sites excluding steroid dienone is 2. The molecule has 0 bridgehead atoms. The summed E-state index contributed by atoms with van der Waals surface area (Å²) < 4.78 is 35.8. The topological polar surface area (TPSA) is 54.0 Å². The fourth-order valence-corrected chi connectivity index (χ4v) is 0.914. The van der Waals surface area contributed by atoms with E-state index >= 15 is 0 Å². The Hall–Kier alpha value is -2.05. The molecule has 0 aliphatic rings. The van der Waals surface area contributed by atoms with E-state index < -0.39 is 12.0 Å². The molecule has 1 heterocycles. The van der Waals surface area contributed by atoms with Gasteiger partial charge < -0.3 is 5.43 Å². The van der Waals surface area contributed by atoms with Crippen LogP contribution in [0.4, 0.5) is 19.0 Å². The molecule has 0 amide bonds. The highest BCUT2D eigenvalue weighted by Crippen LogP contribution is 2.16. The lowest BCUT2D eigenvalue weighted by Crippen LogP contribution is -2.25. The number of hydrazine groups is 1. The highest BCUT2D eigenvalue weighted by atomic mass is 19.4. The predicted molar refractivity (Wildman–Crippen MR) is 55.8 cm³/mol. The van der Waals surface area contributed by atoms with E-state index in [2.05, 4.69) is 15.8 Å². The zero-order valence-electron chi connectivity index (χ0n) is 8.88. The first kappa shape index (κ1) is 13.0. The van der Waals surface area contributed by atoms with Gasteiger partial charge in [-0.3, -0.25) is 10.2 Å². The van der Waals surface area contributed by atoms with Crippen LogP contribution in [0.15, 0.2) is 36.2 Å². The Kier molecular flexibility index (Phi) is 4.08. The van der Waals surface area contributed by atoms with Gasteiger partial charge >= 0.3 is 6.18 Å². The maximum Gasteiger partial charge on any atom is 0.454 e. The molecule has 1 rings (SSSR count). The number of carbonyl (C=O) groups excluding carboxylic acids is 1. The minimum atomic E-state index is -4.85. The number of anilines is 1. The molecule has 1 aromatic heterocycles. The Bertz CT molecular complexity index is 415. The van der Waals surface area contributed by atoms with E-state index in [9.17, 15) is 18.0 Å². The van der Waals surface area contributed by atoms with Gasteiger partial charge in [-0.15, -0.1) is 0 Å². The molecule has 0 aromatic carbocycles. The van der Waals surface area contributed by atoms with E-state index in [0.717, 1.165) is 0 Å². The molecule has 0 radical (unpaired) electrons. The number of rotatable bonds is 4. The highest BCUT2D eigenvalue weighted by Gasteiger charge is 2.36. The number of pyridine rings is 1. The maximum atomic E-state index is 11.9. The average molecular weight is 245 g/mol. The molecule has 0 saturated carbocycles. The Morgan fingerprint density at radius 3 is 2.65 bits per heavy atom. The third kappa shape index (κ3) is 4.54. The number of nitrogens with one attached hydrogen (secondary N) is 2. The van der Waals surface area contributed by atoms with Crippen LogP contribution in [0.3, 0.4) is 0 Å². The molecule has 92 valence electrons. The molecule has 0 unspecified atom stereocenters. The normalized spacial score (nSPS) is 12.1. The molecule has 0 aliphatic heterocycles. The zero-order chi connectivity index (χ0) is 12.9. The smallest absolute Gasteiger partial charge is 0.304 e. The average Bonchev–Trinajstić information content (AvgIpc) is 2.26. The second kappa shape index (κ2) is 5.33. The SMILES string of the molecule is C/C(=C\C(=O)C(F)(F)F)NNc1ccccn1. The van der Waals surface area contributed by atoms with Crippen molar-refractivity contribution in [3.05, 3.63) is 36.2 Å². The van der Waals surface area contributed by atoms with Gasteiger partial charge in [0, 0.05) is 18.0 Å². The fraction of sp³-hybridized carbons (Fsp3) is 0.200. The van der Waals surface area contributed by atoms with Crippen molar-refractivity contribution in [3.8, 4) is 0 Å². The summed E-state index contributed by atoms with van der Waals surface area (Å²) in [5, 5.41) is 0. The second-order valence-corrected chi connectivity index (χ2v) is 3.15. The van der Waals surface area contributed by atoms with Crippen molar-refractivity contribution < 1.29 is 18.0 Å². The number of hydrogen-bond acceptors (Lipinski definition) is 4. The number of carbonyl (C=O) groups is 1. The minimum Gasteiger partial charge on any atom is -0.304 e. The van der Waals surface area contributed by atoms with Gasteiger partial charge in [0.2, 0.25) is 0 Å². The lowest BCUT2D eigenvalue weighted by Gasteiger charge is -2.09. The van der Waals surface area contributed by atoms with E-state index in [1.54, 1.807) is 18.2 Å². The second-order valence-electron chi connectivity index (χ2n) is 3.15. The summed E-state index contributed by atoms with van der Waals surface area (Å²) in [5.41, 5.74) is 5.02. The summed E-state index contributed by atoms with van der Waals surface area (Å²) >= 11 is 0. The Morgan fingerprint density at radius 1 is 1.41 bits per heavy atom. The van der Waals surface area contributed by atoms with Crippen LogP contribution < -0.4 is 10.9 Å². The van der Waals surface area contributed by atoms with Crippen LogP contribution in [-0.2, 0) is 4.79 Å². The van der Waals surface area contributed by atoms with E-state index in [0.29, 0.717) is 11.9 Å². The number of aromatic nitrogens is 1. The van der Waals surface area contributed by atoms with Gasteiger partial charge in [-0.2, -0.15) is 13.2 Å². The van der Waals surface area contributed by atoms with Gasteiger partial charge in [0.15, 0.2) is 0 Å². The third-order valence-corrected chi connectivity index (χ3v) is 1.68. The Balaban J connectivity index is 2.53. The fourth-order valence-electron chi connectivity index (χ4n) is 0.914. The quantitative estimate of drug-likeness (QED) is 0.629. The van der Waals surface area contributed by atoms with E-state index in [1.165, 1.54) is 13.1 Å². The van der Waals surface area contributed by atoms with Crippen molar-refractivity contribution >= 4 is 11.6 Å². The van der Waals surface area contributed by atoms with Crippen LogP contribution in [0.2, 0.25) is 0 Å². The van der Waals surface area contributed by atoms with Gasteiger partial charge in [-0.1, -0.05) is 6.07 Å². The zero-order valence-corrected chi connectivity index (χ0v) is 8.88. The first-order chi connectivity index (χ1) is 7.89. The molecule has 17 heavy (non-hydrogen) atoms. The van der Waals surface area contributed by atoms with E-state index in [-0.39, 0.29) is 5.70 Å². The van der Waals surface area contributed by atoms with Crippen molar-refractivity contribution in [1.29, 1.82) is 0 Å². The van der Waals surface area contributed by atoms with Gasteiger partial charge in [0.05, 0.1) is 0 Å². The molecule has 0 saturated heterocycles. The summed E-state index contributed by atoms with van der Waals surface area (Å²) in [6.07, 6.45) is -2.87. The standard InChI is InChI=1S/C10H10F3N3O/c1-7(6-8(17)10(11,12)13)15-16-9-4-2-3-5-14-9/h2-6,15H,1H3,(H,14,16)/b7-6+. The van der Waals surface area contributed by atoms with Crippen molar-refractivity contribution in [3.63, 3.8) is 0 Å². The summed E-state index contributed by atoms with van der Waals surface area (Å²) in [4.78, 5) is 14.5. The molecule has 7 heteroatoms. The highest BCUT2D eigenvalue weighted by molar-refractivity contribution is 5.94. The van der Waals surface area contributed by atoms with E-state index in [1.807, 2.05) is 0 Å². The number of halogens is 3. The lowest BCUT2D eigenvalue weighted by molar-refractivity contribution is -0.165. The summed E-state index contributed by atoms with van der Waals surface area (Å²) in [6.45, 7) is 1.33. The molecule has 0 fully saturated rings. The largest absolute Gasteiger partial charge is 0.454 e. The monoisotopic (exact) mass is 245 g/mol.